The summed E-state index contributed by atoms with van der Waals surface area (Å²) in [5.74, 6) is 1.47. The molecular weight excluding hydrogens is 342 g/mol. The van der Waals surface area contributed by atoms with Crippen LogP contribution in [0.5, 0.6) is 11.5 Å². The summed E-state index contributed by atoms with van der Waals surface area (Å²) in [5.41, 5.74) is 3.90. The molecule has 0 saturated carbocycles. The third kappa shape index (κ3) is 4.14. The predicted molar refractivity (Wildman–Crippen MR) is 105 cm³/mol. The summed E-state index contributed by atoms with van der Waals surface area (Å²) in [4.78, 5) is 11.5. The van der Waals surface area contributed by atoms with Gasteiger partial charge >= 0.3 is 0 Å². The Morgan fingerprint density at radius 1 is 1.19 bits per heavy atom. The van der Waals surface area contributed by atoms with E-state index in [1.165, 1.54) is 11.6 Å². The highest BCUT2D eigenvalue weighted by atomic mass is 16.5. The van der Waals surface area contributed by atoms with Gasteiger partial charge in [0.05, 0.1) is 20.3 Å². The molecule has 5 heteroatoms. The number of aliphatic hydroxyl groups excluding tert-OH is 1. The van der Waals surface area contributed by atoms with Gasteiger partial charge in [-0.3, -0.25) is 4.79 Å². The maximum absolute atomic E-state index is 11.5. The van der Waals surface area contributed by atoms with Crippen LogP contribution in [0, 0.1) is 0 Å². The molecule has 5 nitrogen and oxygen atoms in total. The molecule has 0 bridgehead atoms. The van der Waals surface area contributed by atoms with Gasteiger partial charge in [0, 0.05) is 5.69 Å². The minimum absolute atomic E-state index is 0.257. The van der Waals surface area contributed by atoms with E-state index < -0.39 is 6.10 Å². The lowest BCUT2D eigenvalue weighted by Crippen LogP contribution is -2.07. The van der Waals surface area contributed by atoms with Gasteiger partial charge in [0.25, 0.3) is 0 Å². The number of carbonyl (C=O) groups is 1. The molecule has 142 valence electrons. The van der Waals surface area contributed by atoms with Gasteiger partial charge in [0.15, 0.2) is 11.5 Å². The van der Waals surface area contributed by atoms with Crippen LogP contribution in [0.2, 0.25) is 0 Å². The normalized spacial score (nSPS) is 17.9. The maximum Gasteiger partial charge on any atom is 0.247 e. The first-order chi connectivity index (χ1) is 13.0. The molecule has 0 saturated heterocycles. The molecule has 0 aromatic heterocycles. The Bertz CT molecular complexity index is 846. The first-order valence-electron chi connectivity index (χ1n) is 9.02. The molecule has 1 aliphatic rings. The smallest absolute Gasteiger partial charge is 0.247 e. The second-order valence-electron chi connectivity index (χ2n) is 6.71. The number of fused-ring (bicyclic) bond motifs is 1. The Labute approximate surface area is 159 Å². The average Bonchev–Trinajstić information content (AvgIpc) is 3.01. The van der Waals surface area contributed by atoms with Gasteiger partial charge < -0.3 is 19.9 Å². The standard InChI is InChI=1S/C22H25NO4/c1-4-22(25)23-16-8-9-17-15(12-19(24)18(17)13-16)7-5-14-6-10-20(26-2)21(11-14)27-3/h4,6,8-11,13,15,19,24H,1,5,7,12H2,2-3H3,(H,23,25). The molecule has 2 aromatic carbocycles. The average molecular weight is 367 g/mol. The number of ether oxygens (including phenoxy) is 2. The quantitative estimate of drug-likeness (QED) is 0.727. The number of nitrogens with one attached hydrogen (secondary N) is 1. The summed E-state index contributed by atoms with van der Waals surface area (Å²) < 4.78 is 10.7. The van der Waals surface area contributed by atoms with Gasteiger partial charge in [0.2, 0.25) is 5.91 Å². The summed E-state index contributed by atoms with van der Waals surface area (Å²) in [6.07, 6.45) is 3.23. The van der Waals surface area contributed by atoms with Gasteiger partial charge in [-0.05, 0) is 72.2 Å². The Hall–Kier alpha value is -2.79. The molecule has 1 aliphatic carbocycles. The highest BCUT2D eigenvalue weighted by molar-refractivity contribution is 5.98. The van der Waals surface area contributed by atoms with Crippen LogP contribution in [-0.4, -0.2) is 25.2 Å². The van der Waals surface area contributed by atoms with E-state index in [4.69, 9.17) is 9.47 Å². The van der Waals surface area contributed by atoms with Gasteiger partial charge in [-0.25, -0.2) is 0 Å². The van der Waals surface area contributed by atoms with E-state index in [1.807, 2.05) is 36.4 Å². The summed E-state index contributed by atoms with van der Waals surface area (Å²) in [6, 6.07) is 11.7. The summed E-state index contributed by atoms with van der Waals surface area (Å²) in [6.45, 7) is 3.45. The van der Waals surface area contributed by atoms with Crippen LogP contribution in [0.4, 0.5) is 5.69 Å². The highest BCUT2D eigenvalue weighted by Gasteiger charge is 2.29. The molecule has 2 atom stereocenters. The van der Waals surface area contributed by atoms with E-state index in [0.717, 1.165) is 35.5 Å². The second kappa shape index (κ2) is 8.27. The van der Waals surface area contributed by atoms with Crippen molar-refractivity contribution in [3.8, 4) is 11.5 Å². The minimum Gasteiger partial charge on any atom is -0.493 e. The Morgan fingerprint density at radius 2 is 1.96 bits per heavy atom. The van der Waals surface area contributed by atoms with Crippen LogP contribution in [0.1, 0.15) is 41.6 Å². The first kappa shape index (κ1) is 19.0. The summed E-state index contributed by atoms with van der Waals surface area (Å²) in [7, 11) is 3.26. The molecule has 2 aromatic rings. The molecule has 2 unspecified atom stereocenters. The van der Waals surface area contributed by atoms with Crippen LogP contribution in [0.3, 0.4) is 0 Å². The van der Waals surface area contributed by atoms with E-state index >= 15 is 0 Å². The number of aliphatic hydroxyl groups is 1. The van der Waals surface area contributed by atoms with Crippen molar-refractivity contribution in [2.24, 2.45) is 0 Å². The summed E-state index contributed by atoms with van der Waals surface area (Å²) >= 11 is 0. The lowest BCUT2D eigenvalue weighted by molar-refractivity contribution is -0.111. The number of aryl methyl sites for hydroxylation is 1. The predicted octanol–water partition coefficient (Wildman–Crippen LogP) is 3.98. The van der Waals surface area contributed by atoms with Gasteiger partial charge in [0.1, 0.15) is 0 Å². The fourth-order valence-electron chi connectivity index (χ4n) is 3.68. The number of carbonyl (C=O) groups excluding carboxylic acids is 1. The number of amides is 1. The molecule has 0 fully saturated rings. The number of hydrogen-bond acceptors (Lipinski definition) is 4. The van der Waals surface area contributed by atoms with Crippen LogP contribution in [-0.2, 0) is 11.2 Å². The molecule has 0 heterocycles. The van der Waals surface area contributed by atoms with E-state index in [0.29, 0.717) is 12.1 Å². The Morgan fingerprint density at radius 3 is 2.67 bits per heavy atom. The number of benzene rings is 2. The van der Waals surface area contributed by atoms with Crippen molar-refractivity contribution in [1.29, 1.82) is 0 Å². The van der Waals surface area contributed by atoms with Crippen molar-refractivity contribution in [1.82, 2.24) is 0 Å². The van der Waals surface area contributed by atoms with Crippen LogP contribution >= 0.6 is 0 Å². The van der Waals surface area contributed by atoms with Crippen LogP contribution < -0.4 is 14.8 Å². The SMILES string of the molecule is C=CC(=O)Nc1ccc2c(c1)C(O)CC2CCc1ccc(OC)c(OC)c1. The van der Waals surface area contributed by atoms with Crippen LogP contribution in [0.15, 0.2) is 49.1 Å². The van der Waals surface area contributed by atoms with Gasteiger partial charge in [-0.15, -0.1) is 0 Å². The largest absolute Gasteiger partial charge is 0.493 e. The fourth-order valence-corrected chi connectivity index (χ4v) is 3.68. The third-order valence-electron chi connectivity index (χ3n) is 5.08. The van der Waals surface area contributed by atoms with E-state index in [2.05, 4.69) is 11.9 Å². The van der Waals surface area contributed by atoms with Crippen LogP contribution in [0.25, 0.3) is 0 Å². The van der Waals surface area contributed by atoms with E-state index in [1.54, 1.807) is 14.2 Å². The van der Waals surface area contributed by atoms with Crippen molar-refractivity contribution in [2.45, 2.75) is 31.3 Å². The molecule has 0 radical (unpaired) electrons. The number of methoxy groups -OCH3 is 2. The zero-order chi connectivity index (χ0) is 19.4. The van der Waals surface area contributed by atoms with E-state index in [-0.39, 0.29) is 11.8 Å². The zero-order valence-corrected chi connectivity index (χ0v) is 15.7. The van der Waals surface area contributed by atoms with Crippen molar-refractivity contribution in [2.75, 3.05) is 19.5 Å². The maximum atomic E-state index is 11.5. The Kier molecular flexibility index (Phi) is 5.81. The topological polar surface area (TPSA) is 67.8 Å². The van der Waals surface area contributed by atoms with E-state index in [9.17, 15) is 9.90 Å². The van der Waals surface area contributed by atoms with Gasteiger partial charge in [-0.1, -0.05) is 18.7 Å². The summed E-state index contributed by atoms with van der Waals surface area (Å²) in [5, 5.41) is 13.2. The molecule has 0 aliphatic heterocycles. The number of rotatable bonds is 7. The zero-order valence-electron chi connectivity index (χ0n) is 15.7. The fraction of sp³-hybridized carbons (Fsp3) is 0.318. The first-order valence-corrected chi connectivity index (χ1v) is 9.02. The molecule has 3 rings (SSSR count). The highest BCUT2D eigenvalue weighted by Crippen LogP contribution is 2.43. The molecule has 1 amide bonds. The number of hydrogen-bond donors (Lipinski definition) is 2. The number of anilines is 1. The minimum atomic E-state index is -0.504. The molecular formula is C22H25NO4. The van der Waals surface area contributed by atoms with Crippen molar-refractivity contribution >= 4 is 11.6 Å². The van der Waals surface area contributed by atoms with Crippen molar-refractivity contribution in [3.63, 3.8) is 0 Å². The molecule has 27 heavy (non-hydrogen) atoms. The third-order valence-corrected chi connectivity index (χ3v) is 5.08. The monoisotopic (exact) mass is 367 g/mol. The molecule has 2 N–H and O–H groups in total. The van der Waals surface area contributed by atoms with Gasteiger partial charge in [-0.2, -0.15) is 0 Å². The second-order valence-corrected chi connectivity index (χ2v) is 6.71. The molecule has 0 spiro atoms. The Balaban J connectivity index is 1.71. The lowest BCUT2D eigenvalue weighted by atomic mass is 9.93. The van der Waals surface area contributed by atoms with Crippen molar-refractivity contribution in [3.05, 3.63) is 65.7 Å². The van der Waals surface area contributed by atoms with Crippen molar-refractivity contribution < 1.29 is 19.4 Å². The lowest BCUT2D eigenvalue weighted by Gasteiger charge is -2.13.